The standard InChI is InChI=1S/C71H85BN2/c1-41-31-60-62-61(32-41)74(58-39-54-49(33-42(58)2)65(5,6)25-29-70(54,15)16)63-47-34-43-35-50-52(68(11,12)27-26-66(50,7)8)37-46(43)45(47)20-22-56(63)72(62)57-38-53-55(71(17,18)30-28-69(53,13)14)40-59(57)73(60)44-19-21-48-51(36-44)67(9,10)24-23-64(48,3)4/h19-22,31-33,35-40H,23-30,34H2,1-18H3. The van der Waals surface area contributed by atoms with E-state index in [0.717, 1.165) is 6.42 Å². The molecule has 2 nitrogen and oxygen atoms in total. The fourth-order valence-electron chi connectivity index (χ4n) is 16.2. The average Bonchev–Trinajstić information content (AvgIpc) is 3.70. The Morgan fingerprint density at radius 3 is 1.36 bits per heavy atom. The number of hydrogen-bond donors (Lipinski definition) is 0. The van der Waals surface area contributed by atoms with Gasteiger partial charge in [-0.1, -0.05) is 153 Å². The molecule has 0 saturated carbocycles. The minimum absolute atomic E-state index is 0.0608. The van der Waals surface area contributed by atoms with Crippen molar-refractivity contribution in [2.24, 2.45) is 0 Å². The van der Waals surface area contributed by atoms with Gasteiger partial charge >= 0.3 is 0 Å². The van der Waals surface area contributed by atoms with Crippen molar-refractivity contribution in [3.05, 3.63) is 146 Å². The molecule has 0 atom stereocenters. The molecule has 0 radical (unpaired) electrons. The van der Waals surface area contributed by atoms with Crippen LogP contribution in [0.1, 0.15) is 229 Å². The van der Waals surface area contributed by atoms with Crippen LogP contribution < -0.4 is 26.2 Å². The maximum Gasteiger partial charge on any atom is 0.252 e. The molecular weight excluding hydrogens is 892 g/mol. The van der Waals surface area contributed by atoms with Crippen LogP contribution in [0.25, 0.3) is 11.1 Å². The zero-order valence-corrected chi connectivity index (χ0v) is 48.8. The zero-order valence-electron chi connectivity index (χ0n) is 48.8. The smallest absolute Gasteiger partial charge is 0.252 e. The lowest BCUT2D eigenvalue weighted by molar-refractivity contribution is 0.332. The van der Waals surface area contributed by atoms with Crippen LogP contribution in [0.15, 0.2) is 78.9 Å². The Labute approximate surface area is 447 Å². The molecule has 0 N–H and O–H groups in total. The monoisotopic (exact) mass is 977 g/mol. The summed E-state index contributed by atoms with van der Waals surface area (Å²) >= 11 is 0. The van der Waals surface area contributed by atoms with E-state index in [0.29, 0.717) is 0 Å². The highest BCUT2D eigenvalue weighted by atomic mass is 15.2. The lowest BCUT2D eigenvalue weighted by atomic mass is 9.33. The number of aryl methyl sites for hydroxylation is 2. The van der Waals surface area contributed by atoms with Gasteiger partial charge in [-0.25, -0.2) is 0 Å². The first-order valence-corrected chi connectivity index (χ1v) is 29.0. The predicted octanol–water partition coefficient (Wildman–Crippen LogP) is 17.4. The van der Waals surface area contributed by atoms with E-state index in [-0.39, 0.29) is 50.0 Å². The van der Waals surface area contributed by atoms with Gasteiger partial charge in [0.2, 0.25) is 0 Å². The van der Waals surface area contributed by atoms with Crippen LogP contribution in [0.5, 0.6) is 0 Å². The van der Waals surface area contributed by atoms with Crippen molar-refractivity contribution >= 4 is 57.2 Å². The first kappa shape index (κ1) is 48.6. The summed E-state index contributed by atoms with van der Waals surface area (Å²) in [5, 5.41) is 0. The number of hydrogen-bond acceptors (Lipinski definition) is 2. The number of fused-ring (bicyclic) bond motifs is 12. The molecule has 0 bridgehead atoms. The van der Waals surface area contributed by atoms with Crippen LogP contribution in [0, 0.1) is 13.8 Å². The third kappa shape index (κ3) is 6.68. The minimum atomic E-state index is 0.0608. The van der Waals surface area contributed by atoms with Crippen molar-refractivity contribution in [3.63, 3.8) is 0 Å². The summed E-state index contributed by atoms with van der Waals surface area (Å²) < 4.78 is 0. The van der Waals surface area contributed by atoms with Gasteiger partial charge in [-0.3, -0.25) is 0 Å². The molecule has 13 rings (SSSR count). The first-order chi connectivity index (χ1) is 34.4. The third-order valence-corrected chi connectivity index (χ3v) is 21.7. The number of nitrogens with zero attached hydrogens (tertiary/aromatic N) is 2. The summed E-state index contributed by atoms with van der Waals surface area (Å²) in [6, 6.07) is 34.0. The average molecular weight is 977 g/mol. The molecule has 6 aromatic carbocycles. The van der Waals surface area contributed by atoms with Gasteiger partial charge in [0.25, 0.3) is 6.71 Å². The van der Waals surface area contributed by atoms with Crippen molar-refractivity contribution < 1.29 is 0 Å². The molecule has 0 fully saturated rings. The molecule has 3 heteroatoms. The Hall–Kier alpha value is -5.02. The second-order valence-corrected chi connectivity index (χ2v) is 30.5. The van der Waals surface area contributed by atoms with E-state index in [2.05, 4.69) is 213 Å². The second-order valence-electron chi connectivity index (χ2n) is 30.5. The topological polar surface area (TPSA) is 6.48 Å². The Kier molecular flexibility index (Phi) is 9.80. The fourth-order valence-corrected chi connectivity index (χ4v) is 16.2. The van der Waals surface area contributed by atoms with Gasteiger partial charge in [0, 0.05) is 40.5 Å². The summed E-state index contributed by atoms with van der Waals surface area (Å²) in [6.45, 7) is 44.8. The predicted molar refractivity (Wildman–Crippen MR) is 319 cm³/mol. The van der Waals surface area contributed by atoms with Crippen molar-refractivity contribution in [2.45, 2.75) is 226 Å². The minimum Gasteiger partial charge on any atom is -0.311 e. The van der Waals surface area contributed by atoms with Gasteiger partial charge < -0.3 is 9.80 Å². The molecule has 0 aromatic heterocycles. The lowest BCUT2D eigenvalue weighted by Gasteiger charge is -2.49. The Bertz CT molecular complexity index is 3470. The van der Waals surface area contributed by atoms with Gasteiger partial charge in [0.1, 0.15) is 0 Å². The molecule has 74 heavy (non-hydrogen) atoms. The van der Waals surface area contributed by atoms with Gasteiger partial charge in [0.05, 0.1) is 0 Å². The molecule has 0 saturated heterocycles. The van der Waals surface area contributed by atoms with E-state index >= 15 is 0 Å². The fraction of sp³-hybridized carbons (Fsp3) is 0.493. The van der Waals surface area contributed by atoms with Crippen LogP contribution in [0.2, 0.25) is 0 Å². The van der Waals surface area contributed by atoms with Crippen LogP contribution in [-0.2, 0) is 49.7 Å². The van der Waals surface area contributed by atoms with Crippen molar-refractivity contribution in [3.8, 4) is 11.1 Å². The largest absolute Gasteiger partial charge is 0.311 e. The normalized spacial score (nSPS) is 22.5. The summed E-state index contributed by atoms with van der Waals surface area (Å²) in [7, 11) is 0. The molecular formula is C71H85BN2. The Balaban J connectivity index is 1.14. The molecule has 2 aliphatic heterocycles. The van der Waals surface area contributed by atoms with Crippen molar-refractivity contribution in [2.75, 3.05) is 9.80 Å². The molecule has 2 heterocycles. The van der Waals surface area contributed by atoms with Gasteiger partial charge in [-0.05, 0) is 239 Å². The molecule has 382 valence electrons. The van der Waals surface area contributed by atoms with Crippen LogP contribution >= 0.6 is 0 Å². The lowest BCUT2D eigenvalue weighted by Crippen LogP contribution is -2.62. The van der Waals surface area contributed by atoms with Crippen molar-refractivity contribution in [1.82, 2.24) is 0 Å². The summed E-state index contributed by atoms with van der Waals surface area (Å²) in [4.78, 5) is 5.58. The summed E-state index contributed by atoms with van der Waals surface area (Å²) in [6.07, 6.45) is 10.6. The highest BCUT2D eigenvalue weighted by molar-refractivity contribution is 7.00. The zero-order chi connectivity index (χ0) is 52.6. The van der Waals surface area contributed by atoms with Crippen LogP contribution in [-0.4, -0.2) is 6.71 Å². The Morgan fingerprint density at radius 1 is 0.365 bits per heavy atom. The van der Waals surface area contributed by atoms with E-state index in [1.54, 1.807) is 16.7 Å². The Morgan fingerprint density at radius 2 is 0.811 bits per heavy atom. The number of anilines is 6. The van der Waals surface area contributed by atoms with E-state index in [1.807, 2.05) is 0 Å². The molecule has 0 unspecified atom stereocenters. The molecule has 0 spiro atoms. The summed E-state index contributed by atoms with van der Waals surface area (Å²) in [5.41, 5.74) is 34.2. The van der Waals surface area contributed by atoms with E-state index in [4.69, 9.17) is 0 Å². The van der Waals surface area contributed by atoms with Crippen molar-refractivity contribution in [1.29, 1.82) is 0 Å². The first-order valence-electron chi connectivity index (χ1n) is 29.0. The highest BCUT2D eigenvalue weighted by Crippen LogP contribution is 2.57. The SMILES string of the molecule is Cc1cc2c3c(c1)N(c1cc4c(cc1C)C(C)(C)CCC4(C)C)c1c(ccc4c1Cc1cc5c(cc1-4)C(C)(C)CCC5(C)C)B3c1cc3c(cc1N2c1ccc2c(c1)C(C)(C)CCC2(C)C)C(C)(C)CCC3(C)C. The second kappa shape index (κ2) is 14.9. The number of rotatable bonds is 2. The van der Waals surface area contributed by atoms with Gasteiger partial charge in [-0.15, -0.1) is 0 Å². The van der Waals surface area contributed by atoms with E-state index in [9.17, 15) is 0 Å². The van der Waals surface area contributed by atoms with E-state index < -0.39 is 0 Å². The quantitative estimate of drug-likeness (QED) is 0.159. The van der Waals surface area contributed by atoms with E-state index in [1.165, 1.54) is 163 Å². The van der Waals surface area contributed by atoms with Crippen LogP contribution in [0.4, 0.5) is 34.1 Å². The van der Waals surface area contributed by atoms with Gasteiger partial charge in [0.15, 0.2) is 0 Å². The van der Waals surface area contributed by atoms with Gasteiger partial charge in [-0.2, -0.15) is 0 Å². The molecule has 0 amide bonds. The number of benzene rings is 6. The van der Waals surface area contributed by atoms with Crippen LogP contribution in [0.3, 0.4) is 0 Å². The molecule has 6 aromatic rings. The molecule has 5 aliphatic carbocycles. The third-order valence-electron chi connectivity index (χ3n) is 21.7. The highest BCUT2D eigenvalue weighted by Gasteiger charge is 2.50. The maximum absolute atomic E-state index is 2.83. The molecule has 7 aliphatic rings. The maximum atomic E-state index is 2.83. The summed E-state index contributed by atoms with van der Waals surface area (Å²) in [5.74, 6) is 0.